The van der Waals surface area contributed by atoms with E-state index in [-0.39, 0.29) is 6.04 Å². The fourth-order valence-electron chi connectivity index (χ4n) is 2.17. The fourth-order valence-corrected chi connectivity index (χ4v) is 2.17. The van der Waals surface area contributed by atoms with Crippen LogP contribution in [0.15, 0.2) is 48.6 Å². The van der Waals surface area contributed by atoms with Crippen molar-refractivity contribution in [1.29, 1.82) is 0 Å². The molecule has 0 aliphatic carbocycles. The van der Waals surface area contributed by atoms with Crippen molar-refractivity contribution in [3.05, 3.63) is 48.6 Å². The maximum absolute atomic E-state index is 13.8. The molecule has 0 saturated heterocycles. The molecule has 122 valence electrons. The molecule has 0 fully saturated rings. The highest BCUT2D eigenvalue weighted by atomic mass is 19.3. The maximum atomic E-state index is 13.8. The number of hydrogen-bond donors (Lipinski definition) is 0. The molecule has 4 heteroatoms. The van der Waals surface area contributed by atoms with E-state index in [4.69, 9.17) is 0 Å². The minimum Gasteiger partial charge on any atom is -0.331 e. The van der Waals surface area contributed by atoms with Crippen LogP contribution in [0.25, 0.3) is 0 Å². The van der Waals surface area contributed by atoms with E-state index >= 15 is 0 Å². The summed E-state index contributed by atoms with van der Waals surface area (Å²) in [7, 11) is 0. The SMILES string of the molecule is C=C(/C=C\C=C/C)[C@@H]1C=CCCN1C(=O)C(C)(C)C(C)(F)F. The van der Waals surface area contributed by atoms with Crippen LogP contribution in [0.4, 0.5) is 8.78 Å². The zero-order valence-electron chi connectivity index (χ0n) is 13.8. The summed E-state index contributed by atoms with van der Waals surface area (Å²) in [5, 5.41) is 0. The highest BCUT2D eigenvalue weighted by Gasteiger charge is 2.50. The van der Waals surface area contributed by atoms with Crippen LogP contribution in [0, 0.1) is 5.41 Å². The molecule has 1 aliphatic heterocycles. The van der Waals surface area contributed by atoms with Crippen LogP contribution in [-0.2, 0) is 4.79 Å². The number of amides is 1. The minimum absolute atomic E-state index is 0.371. The number of hydrogen-bond acceptors (Lipinski definition) is 1. The van der Waals surface area contributed by atoms with Gasteiger partial charge in [0.05, 0.1) is 6.04 Å². The molecule has 1 aliphatic rings. The monoisotopic (exact) mass is 309 g/mol. The van der Waals surface area contributed by atoms with Crippen molar-refractivity contribution < 1.29 is 13.6 Å². The zero-order valence-corrected chi connectivity index (χ0v) is 13.8. The molecule has 0 aromatic heterocycles. The smallest absolute Gasteiger partial charge is 0.259 e. The summed E-state index contributed by atoms with van der Waals surface area (Å²) in [6, 6.07) is -0.371. The predicted molar refractivity (Wildman–Crippen MR) is 86.8 cm³/mol. The van der Waals surface area contributed by atoms with Crippen LogP contribution < -0.4 is 0 Å². The number of alkyl halides is 2. The second-order valence-electron chi connectivity index (χ2n) is 6.13. The van der Waals surface area contributed by atoms with Gasteiger partial charge in [0.2, 0.25) is 5.91 Å². The van der Waals surface area contributed by atoms with Gasteiger partial charge in [-0.3, -0.25) is 4.79 Å². The van der Waals surface area contributed by atoms with Crippen molar-refractivity contribution in [3.8, 4) is 0 Å². The van der Waals surface area contributed by atoms with E-state index in [0.29, 0.717) is 18.5 Å². The molecule has 0 aromatic rings. The average Bonchev–Trinajstić information content (AvgIpc) is 2.45. The van der Waals surface area contributed by atoms with Crippen molar-refractivity contribution in [2.75, 3.05) is 6.54 Å². The Morgan fingerprint density at radius 1 is 1.32 bits per heavy atom. The molecule has 22 heavy (non-hydrogen) atoms. The number of nitrogens with zero attached hydrogens (tertiary/aromatic N) is 1. The number of carbonyl (C=O) groups is 1. The largest absolute Gasteiger partial charge is 0.331 e. The van der Waals surface area contributed by atoms with Crippen LogP contribution >= 0.6 is 0 Å². The first-order valence-electron chi connectivity index (χ1n) is 7.46. The molecular weight excluding hydrogens is 284 g/mol. The van der Waals surface area contributed by atoms with Crippen LogP contribution in [0.5, 0.6) is 0 Å². The molecule has 1 atom stereocenters. The van der Waals surface area contributed by atoms with E-state index in [1.807, 2.05) is 37.3 Å². The van der Waals surface area contributed by atoms with Gasteiger partial charge in [0.15, 0.2) is 0 Å². The van der Waals surface area contributed by atoms with Gasteiger partial charge in [-0.25, -0.2) is 8.78 Å². The van der Waals surface area contributed by atoms with Crippen LogP contribution in [0.2, 0.25) is 0 Å². The molecule has 1 rings (SSSR count). The number of rotatable bonds is 5. The van der Waals surface area contributed by atoms with Gasteiger partial charge in [0.25, 0.3) is 5.92 Å². The van der Waals surface area contributed by atoms with E-state index < -0.39 is 17.2 Å². The quantitative estimate of drug-likeness (QED) is 0.540. The van der Waals surface area contributed by atoms with E-state index in [1.165, 1.54) is 18.7 Å². The summed E-state index contributed by atoms with van der Waals surface area (Å²) in [6.45, 7) is 9.68. The Kier molecular flexibility index (Phi) is 5.86. The van der Waals surface area contributed by atoms with E-state index in [0.717, 1.165) is 6.92 Å². The van der Waals surface area contributed by atoms with Gasteiger partial charge in [-0.05, 0) is 32.8 Å². The third-order valence-corrected chi connectivity index (χ3v) is 4.08. The third kappa shape index (κ3) is 3.93. The van der Waals surface area contributed by atoms with Crippen molar-refractivity contribution in [2.45, 2.75) is 46.1 Å². The Balaban J connectivity index is 3.03. The van der Waals surface area contributed by atoms with Gasteiger partial charge >= 0.3 is 0 Å². The fraction of sp³-hybridized carbons (Fsp3) is 0.500. The van der Waals surface area contributed by atoms with Gasteiger partial charge < -0.3 is 4.90 Å². The molecule has 0 unspecified atom stereocenters. The van der Waals surface area contributed by atoms with Gasteiger partial charge in [-0.1, -0.05) is 43.0 Å². The summed E-state index contributed by atoms with van der Waals surface area (Å²) in [6.07, 6.45) is 11.8. The molecule has 0 radical (unpaired) electrons. The second-order valence-corrected chi connectivity index (χ2v) is 6.13. The number of halogens is 2. The van der Waals surface area contributed by atoms with E-state index in [2.05, 4.69) is 6.58 Å². The molecule has 1 amide bonds. The van der Waals surface area contributed by atoms with Gasteiger partial charge in [-0.15, -0.1) is 0 Å². The molecular formula is C18H25F2NO. The standard InChI is InChI=1S/C18H25F2NO/c1-6-7-8-11-14(2)15-12-9-10-13-21(15)16(22)17(3,4)18(5,19)20/h6-9,11-12,15H,2,10,13H2,1,3-5H3/b7-6-,11-8-/t15-/m0/s1. The first kappa shape index (κ1) is 18.3. The summed E-state index contributed by atoms with van der Waals surface area (Å²) < 4.78 is 27.5. The Labute approximate surface area is 131 Å². The molecule has 0 saturated carbocycles. The van der Waals surface area contributed by atoms with Crippen LogP contribution in [0.3, 0.4) is 0 Å². The summed E-state index contributed by atoms with van der Waals surface area (Å²) >= 11 is 0. The summed E-state index contributed by atoms with van der Waals surface area (Å²) in [5.41, 5.74) is -1.04. The van der Waals surface area contributed by atoms with Gasteiger partial charge in [0, 0.05) is 13.5 Å². The maximum Gasteiger partial charge on any atom is 0.259 e. The molecule has 1 heterocycles. The molecule has 0 aromatic carbocycles. The summed E-state index contributed by atoms with van der Waals surface area (Å²) in [5.74, 6) is -3.63. The molecule has 0 N–H and O–H groups in total. The summed E-state index contributed by atoms with van der Waals surface area (Å²) in [4.78, 5) is 14.1. The van der Waals surface area contributed by atoms with Crippen molar-refractivity contribution in [2.24, 2.45) is 5.41 Å². The number of carbonyl (C=O) groups excluding carboxylic acids is 1. The first-order chi connectivity index (χ1) is 10.1. The van der Waals surface area contributed by atoms with Gasteiger partial charge in [0.1, 0.15) is 5.41 Å². The Hall–Kier alpha value is -1.71. The second kappa shape index (κ2) is 7.03. The van der Waals surface area contributed by atoms with E-state index in [1.54, 1.807) is 6.08 Å². The lowest BCUT2D eigenvalue weighted by atomic mass is 9.83. The van der Waals surface area contributed by atoms with Crippen LogP contribution in [0.1, 0.15) is 34.1 Å². The zero-order chi connectivity index (χ0) is 17.0. The lowest BCUT2D eigenvalue weighted by Crippen LogP contribution is -2.53. The van der Waals surface area contributed by atoms with E-state index in [9.17, 15) is 13.6 Å². The third-order valence-electron chi connectivity index (χ3n) is 4.08. The topological polar surface area (TPSA) is 20.3 Å². The Bertz CT molecular complexity index is 510. The Morgan fingerprint density at radius 2 is 1.95 bits per heavy atom. The van der Waals surface area contributed by atoms with Crippen molar-refractivity contribution in [3.63, 3.8) is 0 Å². The number of allylic oxidation sites excluding steroid dienone is 3. The highest BCUT2D eigenvalue weighted by molar-refractivity contribution is 5.84. The lowest BCUT2D eigenvalue weighted by molar-refractivity contribution is -0.163. The molecule has 2 nitrogen and oxygen atoms in total. The molecule has 0 bridgehead atoms. The Morgan fingerprint density at radius 3 is 2.50 bits per heavy atom. The lowest BCUT2D eigenvalue weighted by Gasteiger charge is -2.40. The highest BCUT2D eigenvalue weighted by Crippen LogP contribution is 2.38. The first-order valence-corrected chi connectivity index (χ1v) is 7.46. The molecule has 0 spiro atoms. The van der Waals surface area contributed by atoms with Gasteiger partial charge in [-0.2, -0.15) is 0 Å². The normalized spacial score (nSPS) is 20.1. The average molecular weight is 309 g/mol. The minimum atomic E-state index is -3.09. The predicted octanol–water partition coefficient (Wildman–Crippen LogP) is 4.51. The van der Waals surface area contributed by atoms with Crippen LogP contribution in [-0.4, -0.2) is 29.3 Å². The van der Waals surface area contributed by atoms with Crippen molar-refractivity contribution in [1.82, 2.24) is 4.90 Å². The van der Waals surface area contributed by atoms with Crippen molar-refractivity contribution >= 4 is 5.91 Å².